The van der Waals surface area contributed by atoms with Crippen LogP contribution in [0.15, 0.2) is 78.9 Å². The minimum Gasteiger partial charge on any atom is -0.504 e. The van der Waals surface area contributed by atoms with Gasteiger partial charge in [-0.05, 0) is 94.9 Å². The van der Waals surface area contributed by atoms with Gasteiger partial charge in [0.2, 0.25) is 0 Å². The maximum absolute atomic E-state index is 15.1. The number of ketones is 2. The summed E-state index contributed by atoms with van der Waals surface area (Å²) in [6.07, 6.45) is 0.212. The molecule has 0 unspecified atom stereocenters. The highest BCUT2D eigenvalue weighted by Crippen LogP contribution is 2.47. The number of hydrogen-bond acceptors (Lipinski definition) is 12. The predicted molar refractivity (Wildman–Crippen MR) is 207 cm³/mol. The number of ether oxygens (including phenoxy) is 4. The number of carbonyl (C=O) groups excluding carboxylic acids is 2. The van der Waals surface area contributed by atoms with E-state index in [1.54, 1.807) is 30.3 Å². The fourth-order valence-corrected chi connectivity index (χ4v) is 7.78. The zero-order chi connectivity index (χ0) is 40.4. The van der Waals surface area contributed by atoms with E-state index in [4.69, 9.17) is 18.9 Å². The molecule has 0 saturated carbocycles. The second-order valence-electron chi connectivity index (χ2n) is 13.5. The van der Waals surface area contributed by atoms with Crippen molar-refractivity contribution in [2.75, 3.05) is 28.4 Å². The van der Waals surface area contributed by atoms with Gasteiger partial charge in [-0.3, -0.25) is 9.59 Å². The van der Waals surface area contributed by atoms with Gasteiger partial charge in [0.1, 0.15) is 0 Å². The number of aromatic hydroxyl groups is 6. The SMILES string of the molecule is COc1cc2c(cc1OC)-c1c3c(n(CCc4ccc(O)c(O)c4)c1=C(c1ccc(O)c(O)c1)C2=O)=C(c1ccc(O)c(O)c1)C(=O)c1cc(OC)c(OC)cc1-3. The lowest BCUT2D eigenvalue weighted by molar-refractivity contribution is 0.104. The number of hydrogen-bond donors (Lipinski definition) is 6. The Morgan fingerprint density at radius 1 is 0.456 bits per heavy atom. The lowest BCUT2D eigenvalue weighted by Crippen LogP contribution is -2.36. The van der Waals surface area contributed by atoms with Crippen molar-refractivity contribution in [2.24, 2.45) is 0 Å². The highest BCUT2D eigenvalue weighted by atomic mass is 16.5. The molecule has 0 saturated heterocycles. The third-order valence-corrected chi connectivity index (χ3v) is 10.5. The van der Waals surface area contributed by atoms with E-state index < -0.39 is 34.6 Å². The molecule has 5 aromatic carbocycles. The van der Waals surface area contributed by atoms with Crippen LogP contribution in [0.5, 0.6) is 57.5 Å². The van der Waals surface area contributed by atoms with Gasteiger partial charge in [-0.1, -0.05) is 18.2 Å². The van der Waals surface area contributed by atoms with Crippen LogP contribution in [0.25, 0.3) is 33.4 Å². The van der Waals surface area contributed by atoms with Crippen molar-refractivity contribution in [3.8, 4) is 79.7 Å². The van der Waals surface area contributed by atoms with Crippen LogP contribution in [0.1, 0.15) is 37.4 Å². The molecule has 6 aromatic rings. The molecule has 0 fully saturated rings. The van der Waals surface area contributed by atoms with Crippen molar-refractivity contribution < 1.29 is 59.2 Å². The van der Waals surface area contributed by atoms with Gasteiger partial charge in [-0.25, -0.2) is 0 Å². The number of nitrogens with zero attached hydrogens (tertiary/aromatic N) is 1. The molecule has 1 aromatic heterocycles. The first-order valence-corrected chi connectivity index (χ1v) is 17.6. The number of rotatable bonds is 9. The van der Waals surface area contributed by atoms with Crippen LogP contribution in [0.3, 0.4) is 0 Å². The van der Waals surface area contributed by atoms with Crippen molar-refractivity contribution in [1.29, 1.82) is 0 Å². The summed E-state index contributed by atoms with van der Waals surface area (Å²) in [7, 11) is 5.82. The summed E-state index contributed by atoms with van der Waals surface area (Å²) in [5.41, 5.74) is 3.63. The Bertz CT molecular complexity index is 2690. The molecule has 2 aliphatic carbocycles. The molecule has 13 heteroatoms. The van der Waals surface area contributed by atoms with E-state index >= 15 is 9.59 Å². The number of Topliss-reactive ketones (excluding diaryl/α,β-unsaturated/α-hetero) is 2. The molecular weight excluding hydrogens is 734 g/mol. The van der Waals surface area contributed by atoms with Gasteiger partial charge in [0.05, 0.1) is 50.3 Å². The molecule has 0 atom stereocenters. The number of phenols is 6. The zero-order valence-corrected chi connectivity index (χ0v) is 31.0. The minimum absolute atomic E-state index is 0.0782. The van der Waals surface area contributed by atoms with Crippen molar-refractivity contribution in [3.05, 3.63) is 117 Å². The first-order valence-electron chi connectivity index (χ1n) is 17.6. The summed E-state index contributed by atoms with van der Waals surface area (Å²) < 4.78 is 24.5. The topological polar surface area (TPSA) is 197 Å². The summed E-state index contributed by atoms with van der Waals surface area (Å²) in [6, 6.07) is 19.0. The van der Waals surface area contributed by atoms with Crippen LogP contribution in [0, 0.1) is 0 Å². The van der Waals surface area contributed by atoms with Gasteiger partial charge >= 0.3 is 0 Å². The van der Waals surface area contributed by atoms with E-state index in [-0.39, 0.29) is 69.4 Å². The molecule has 0 radical (unpaired) electrons. The van der Waals surface area contributed by atoms with Crippen molar-refractivity contribution in [3.63, 3.8) is 0 Å². The third kappa shape index (κ3) is 5.62. The molecule has 0 spiro atoms. The predicted octanol–water partition coefficient (Wildman–Crippen LogP) is 5.12. The fourth-order valence-electron chi connectivity index (χ4n) is 7.78. The first-order chi connectivity index (χ1) is 27.4. The quantitative estimate of drug-likeness (QED) is 0.106. The van der Waals surface area contributed by atoms with E-state index in [2.05, 4.69) is 0 Å². The van der Waals surface area contributed by atoms with Crippen molar-refractivity contribution in [2.45, 2.75) is 13.0 Å². The van der Waals surface area contributed by atoms with E-state index in [0.717, 1.165) is 0 Å². The summed E-state index contributed by atoms with van der Waals surface area (Å²) in [5, 5.41) is 63.4. The van der Waals surface area contributed by atoms with Crippen LogP contribution in [0.4, 0.5) is 0 Å². The molecule has 0 amide bonds. The number of phenolic OH excluding ortho intramolecular Hbond substituents is 6. The van der Waals surface area contributed by atoms with Crippen LogP contribution < -0.4 is 29.6 Å². The Morgan fingerprint density at radius 3 is 1.19 bits per heavy atom. The van der Waals surface area contributed by atoms with E-state index in [9.17, 15) is 30.6 Å². The largest absolute Gasteiger partial charge is 0.504 e. The summed E-state index contributed by atoms with van der Waals surface area (Å²) in [6.45, 7) is 0.0782. The van der Waals surface area contributed by atoms with Crippen LogP contribution in [-0.2, 0) is 13.0 Å². The normalized spacial score (nSPS) is 12.8. The molecule has 0 aliphatic heterocycles. The Labute approximate surface area is 324 Å². The van der Waals surface area contributed by atoms with Gasteiger partial charge in [0.25, 0.3) is 0 Å². The number of aryl methyl sites for hydroxylation is 1. The summed E-state index contributed by atoms with van der Waals surface area (Å²) in [5.74, 6) is -2.16. The van der Waals surface area contributed by atoms with Gasteiger partial charge in [0, 0.05) is 28.8 Å². The van der Waals surface area contributed by atoms with Gasteiger partial charge < -0.3 is 54.2 Å². The molecule has 1 heterocycles. The third-order valence-electron chi connectivity index (χ3n) is 10.5. The first kappa shape index (κ1) is 36.4. The lowest BCUT2D eigenvalue weighted by atomic mass is 9.79. The molecular formula is C44H35NO12. The smallest absolute Gasteiger partial charge is 0.196 e. The Morgan fingerprint density at radius 2 is 0.825 bits per heavy atom. The van der Waals surface area contributed by atoms with Gasteiger partial charge in [0.15, 0.2) is 69.1 Å². The van der Waals surface area contributed by atoms with Crippen LogP contribution in [-0.4, -0.2) is 75.2 Å². The number of methoxy groups -OCH3 is 4. The molecule has 2 aliphatic rings. The number of fused-ring (bicyclic) bond motifs is 7. The average molecular weight is 770 g/mol. The van der Waals surface area contributed by atoms with Crippen LogP contribution >= 0.6 is 0 Å². The maximum atomic E-state index is 15.1. The van der Waals surface area contributed by atoms with Crippen molar-refractivity contribution >= 4 is 22.7 Å². The van der Waals surface area contributed by atoms with E-state index in [0.29, 0.717) is 50.0 Å². The summed E-state index contributed by atoms with van der Waals surface area (Å²) in [4.78, 5) is 30.1. The van der Waals surface area contributed by atoms with E-state index in [1.807, 2.05) is 4.57 Å². The average Bonchev–Trinajstić information content (AvgIpc) is 3.54. The number of carbonyl (C=O) groups is 2. The number of benzene rings is 5. The molecule has 57 heavy (non-hydrogen) atoms. The second-order valence-corrected chi connectivity index (χ2v) is 13.5. The Kier molecular flexibility index (Phi) is 8.72. The second kappa shape index (κ2) is 13.6. The van der Waals surface area contributed by atoms with Crippen molar-refractivity contribution in [1.82, 2.24) is 4.57 Å². The standard InChI is InChI=1S/C44H35NO12/c1-54-33-16-23-25(18-35(33)56-3)43(52)37(21-6-9-28(47)31(50)14-21)41-39(23)40-24-17-34(55-2)36(57-4)19-26(24)44(53)38(22-7-10-29(48)32(51)15-22)42(40)45(41)12-11-20-5-8-27(46)30(49)13-20/h5-10,13-19,46-51H,11-12H2,1-4H3. The Hall–Kier alpha value is -7.54. The van der Waals surface area contributed by atoms with Crippen LogP contribution in [0.2, 0.25) is 0 Å². The zero-order valence-electron chi connectivity index (χ0n) is 31.0. The lowest BCUT2D eigenvalue weighted by Gasteiger charge is -2.23. The molecule has 0 bridgehead atoms. The van der Waals surface area contributed by atoms with Gasteiger partial charge in [-0.2, -0.15) is 0 Å². The minimum atomic E-state index is -0.473. The van der Waals surface area contributed by atoms with E-state index in [1.165, 1.54) is 77.0 Å². The monoisotopic (exact) mass is 769 g/mol. The molecule has 6 N–H and O–H groups in total. The highest BCUT2D eigenvalue weighted by molar-refractivity contribution is 6.36. The maximum Gasteiger partial charge on any atom is 0.196 e. The number of aromatic nitrogens is 1. The van der Waals surface area contributed by atoms with Gasteiger partial charge in [-0.15, -0.1) is 0 Å². The highest BCUT2D eigenvalue weighted by Gasteiger charge is 2.38. The Balaban J connectivity index is 1.65. The molecule has 288 valence electrons. The molecule has 8 rings (SSSR count). The molecule has 13 nitrogen and oxygen atoms in total. The fraction of sp³-hybridized carbons (Fsp3) is 0.136. The summed E-state index contributed by atoms with van der Waals surface area (Å²) >= 11 is 0.